The molecule has 0 atom stereocenters. The van der Waals surface area contributed by atoms with Crippen molar-refractivity contribution in [2.24, 2.45) is 0 Å². The highest BCUT2D eigenvalue weighted by Gasteiger charge is 1.38. The summed E-state index contributed by atoms with van der Waals surface area (Å²) in [5.74, 6) is 0. The number of hydrogen-bond acceptors (Lipinski definition) is 1. The van der Waals surface area contributed by atoms with Crippen LogP contribution in [0.25, 0.3) is 0 Å². The Morgan fingerprint density at radius 1 is 1.60 bits per heavy atom. The van der Waals surface area contributed by atoms with E-state index >= 15 is 0 Å². The topological polar surface area (TPSA) is 17.1 Å². The highest BCUT2D eigenvalue weighted by Crippen LogP contribution is 1.35. The van der Waals surface area contributed by atoms with Crippen molar-refractivity contribution in [1.29, 1.82) is 0 Å². The van der Waals surface area contributed by atoms with E-state index in [4.69, 9.17) is 4.79 Å². The van der Waals surface area contributed by atoms with Gasteiger partial charge in [-0.05, 0) is 6.08 Å². The van der Waals surface area contributed by atoms with E-state index in [0.717, 1.165) is 0 Å². The normalized spacial score (nSPS) is 4.00. The van der Waals surface area contributed by atoms with Crippen LogP contribution in [0, 0.1) is 0 Å². The number of halogens is 1. The van der Waals surface area contributed by atoms with E-state index in [2.05, 4.69) is 6.58 Å². The lowest BCUT2D eigenvalue weighted by atomic mass is 10.8. The quantitative estimate of drug-likeness (QED) is 0.345. The lowest BCUT2D eigenvalue weighted by Crippen LogP contribution is -1.44. The molecule has 30 valence electrons. The zero-order valence-corrected chi connectivity index (χ0v) is 3.49. The maximum atomic E-state index is 9.06. The summed E-state index contributed by atoms with van der Waals surface area (Å²) in [5.41, 5.74) is 0. The average molecular weight is 92.5 g/mol. The first-order valence-electron chi connectivity index (χ1n) is 0.977. The molecule has 0 unspecified atom stereocenters. The van der Waals surface area contributed by atoms with E-state index in [9.17, 15) is 0 Å². The zero-order valence-electron chi connectivity index (χ0n) is 2.68. The van der Waals surface area contributed by atoms with Gasteiger partial charge in [-0.2, -0.15) is 0 Å². The lowest BCUT2D eigenvalue weighted by Gasteiger charge is -1.37. The van der Waals surface area contributed by atoms with Gasteiger partial charge >= 0.3 is 0 Å². The molecule has 5 heavy (non-hydrogen) atoms. The summed E-state index contributed by atoms with van der Waals surface area (Å²) in [7, 11) is 0. The Morgan fingerprint density at radius 2 is 1.80 bits per heavy atom. The van der Waals surface area contributed by atoms with Gasteiger partial charge in [0.2, 0.25) is 0 Å². The molecule has 0 aromatic rings. The second kappa shape index (κ2) is 9.33. The van der Waals surface area contributed by atoms with E-state index in [1.54, 1.807) is 0 Å². The van der Waals surface area contributed by atoms with E-state index in [1.807, 2.05) is 0 Å². The lowest BCUT2D eigenvalue weighted by molar-refractivity contribution is -0.104. The molecule has 0 aliphatic rings. The fourth-order valence-electron chi connectivity index (χ4n) is 0. The third-order valence-electron chi connectivity index (χ3n) is 0.0962. The smallest absolute Gasteiger partial charge is 0.142 e. The molecule has 0 fully saturated rings. The summed E-state index contributed by atoms with van der Waals surface area (Å²) in [5, 5.41) is 0. The van der Waals surface area contributed by atoms with Crippen LogP contribution < -0.4 is 0 Å². The first kappa shape index (κ1) is 8.83. The maximum absolute atomic E-state index is 9.06. The van der Waals surface area contributed by atoms with Crippen LogP contribution in [-0.2, 0) is 4.79 Å². The molecule has 0 radical (unpaired) electrons. The molecule has 0 heterocycles. The average Bonchev–Trinajstić information content (AvgIpc) is 1.37. The van der Waals surface area contributed by atoms with Crippen molar-refractivity contribution in [2.75, 3.05) is 0 Å². The molecule has 0 aromatic carbocycles. The fraction of sp³-hybridized carbons (Fsp3) is 0. The SMILES string of the molecule is C=CC=O.Cl. The van der Waals surface area contributed by atoms with E-state index in [-0.39, 0.29) is 12.4 Å². The van der Waals surface area contributed by atoms with E-state index in [0.29, 0.717) is 6.29 Å². The predicted octanol–water partition coefficient (Wildman–Crippen LogP) is 0.793. The summed E-state index contributed by atoms with van der Waals surface area (Å²) in [6, 6.07) is 0. The Morgan fingerprint density at radius 3 is 1.80 bits per heavy atom. The molecule has 0 aliphatic heterocycles. The Labute approximate surface area is 37.1 Å². The third-order valence-corrected chi connectivity index (χ3v) is 0.0962. The summed E-state index contributed by atoms with van der Waals surface area (Å²) >= 11 is 0. The molecular formula is C3H5ClO. The molecule has 0 aromatic heterocycles. The molecule has 0 amide bonds. The second-order valence-electron chi connectivity index (χ2n) is 0.372. The molecule has 0 aliphatic carbocycles. The van der Waals surface area contributed by atoms with Crippen molar-refractivity contribution < 1.29 is 4.79 Å². The number of aldehydes is 1. The number of hydrogen-bond donors (Lipinski definition) is 0. The van der Waals surface area contributed by atoms with Crippen LogP contribution in [0.15, 0.2) is 12.7 Å². The van der Waals surface area contributed by atoms with Gasteiger partial charge < -0.3 is 0 Å². The molecule has 0 saturated heterocycles. The third kappa shape index (κ3) is 21.8. The largest absolute Gasteiger partial charge is 0.299 e. The highest BCUT2D eigenvalue weighted by molar-refractivity contribution is 5.85. The fourth-order valence-corrected chi connectivity index (χ4v) is 0. The first-order valence-corrected chi connectivity index (χ1v) is 0.977. The number of allylic oxidation sites excluding steroid dienone is 1. The molecule has 0 saturated carbocycles. The Balaban J connectivity index is 0. The maximum Gasteiger partial charge on any atom is 0.142 e. The van der Waals surface area contributed by atoms with Gasteiger partial charge in [-0.3, -0.25) is 4.79 Å². The minimum atomic E-state index is 0. The van der Waals surface area contributed by atoms with Crippen LogP contribution in [0.5, 0.6) is 0 Å². The van der Waals surface area contributed by atoms with Gasteiger partial charge in [-0.1, -0.05) is 6.58 Å². The van der Waals surface area contributed by atoms with Crippen LogP contribution in [-0.4, -0.2) is 6.29 Å². The van der Waals surface area contributed by atoms with Gasteiger partial charge in [0.15, 0.2) is 0 Å². The summed E-state index contributed by atoms with van der Waals surface area (Å²) in [4.78, 5) is 9.06. The van der Waals surface area contributed by atoms with E-state index in [1.165, 1.54) is 6.08 Å². The molecule has 1 nitrogen and oxygen atoms in total. The predicted molar refractivity (Wildman–Crippen MR) is 23.5 cm³/mol. The summed E-state index contributed by atoms with van der Waals surface area (Å²) in [6.45, 7) is 3.11. The van der Waals surface area contributed by atoms with Crippen molar-refractivity contribution >= 4 is 18.7 Å². The van der Waals surface area contributed by atoms with E-state index < -0.39 is 0 Å². The monoisotopic (exact) mass is 92.0 g/mol. The Kier molecular flexibility index (Phi) is 16.5. The van der Waals surface area contributed by atoms with Crippen LogP contribution >= 0.6 is 12.4 Å². The van der Waals surface area contributed by atoms with Gasteiger partial charge in [-0.25, -0.2) is 0 Å². The van der Waals surface area contributed by atoms with Crippen LogP contribution in [0.4, 0.5) is 0 Å². The standard InChI is InChI=1S/C3H4O.ClH/c1-2-3-4;/h2-3H,1H2;1H. The van der Waals surface area contributed by atoms with Crippen molar-refractivity contribution in [3.05, 3.63) is 12.7 Å². The summed E-state index contributed by atoms with van der Waals surface area (Å²) < 4.78 is 0. The van der Waals surface area contributed by atoms with Crippen molar-refractivity contribution in [3.8, 4) is 0 Å². The second-order valence-corrected chi connectivity index (χ2v) is 0.372. The Bertz CT molecular complexity index is 27.9. The van der Waals surface area contributed by atoms with Gasteiger partial charge in [0.25, 0.3) is 0 Å². The Hall–Kier alpha value is -0.300. The molecule has 0 bridgehead atoms. The number of carbonyl (C=O) groups excluding carboxylic acids is 1. The van der Waals surface area contributed by atoms with Crippen LogP contribution in [0.3, 0.4) is 0 Å². The molecular weight excluding hydrogens is 87.5 g/mol. The van der Waals surface area contributed by atoms with Gasteiger partial charge in [-0.15, -0.1) is 12.4 Å². The van der Waals surface area contributed by atoms with Crippen molar-refractivity contribution in [3.63, 3.8) is 0 Å². The van der Waals surface area contributed by atoms with Gasteiger partial charge in [0.1, 0.15) is 6.29 Å². The van der Waals surface area contributed by atoms with Crippen molar-refractivity contribution in [1.82, 2.24) is 0 Å². The molecule has 0 spiro atoms. The minimum absolute atomic E-state index is 0. The number of rotatable bonds is 1. The highest BCUT2D eigenvalue weighted by atomic mass is 35.5. The number of carbonyl (C=O) groups is 1. The van der Waals surface area contributed by atoms with Crippen LogP contribution in [0.1, 0.15) is 0 Å². The first-order chi connectivity index (χ1) is 1.91. The molecule has 0 N–H and O–H groups in total. The zero-order chi connectivity index (χ0) is 3.41. The van der Waals surface area contributed by atoms with Gasteiger partial charge in [0, 0.05) is 0 Å². The van der Waals surface area contributed by atoms with Crippen molar-refractivity contribution in [2.45, 2.75) is 0 Å². The molecule has 2 heteroatoms. The summed E-state index contributed by atoms with van der Waals surface area (Å²) in [6.07, 6.45) is 1.83. The van der Waals surface area contributed by atoms with Crippen LogP contribution in [0.2, 0.25) is 0 Å². The molecule has 0 rings (SSSR count). The minimum Gasteiger partial charge on any atom is -0.299 e. The van der Waals surface area contributed by atoms with Gasteiger partial charge in [0.05, 0.1) is 0 Å².